The van der Waals surface area contributed by atoms with E-state index in [0.717, 1.165) is 45.1 Å². The van der Waals surface area contributed by atoms with Crippen LogP contribution in [0.25, 0.3) is 0 Å². The lowest BCUT2D eigenvalue weighted by Crippen LogP contribution is -2.33. The number of nitrogens with one attached hydrogen (secondary N) is 1. The van der Waals surface area contributed by atoms with E-state index in [1.54, 1.807) is 0 Å². The summed E-state index contributed by atoms with van der Waals surface area (Å²) >= 11 is 0. The van der Waals surface area contributed by atoms with Crippen molar-refractivity contribution in [3.63, 3.8) is 0 Å². The van der Waals surface area contributed by atoms with Gasteiger partial charge in [-0.3, -0.25) is 4.79 Å². The van der Waals surface area contributed by atoms with Gasteiger partial charge >= 0.3 is 0 Å². The third-order valence-corrected chi connectivity index (χ3v) is 9.62. The number of unbranched alkanes of at least 4 members (excludes halogenated alkanes) is 16. The fraction of sp³-hybridized carbons (Fsp3) is 0.844. The van der Waals surface area contributed by atoms with E-state index in [0.29, 0.717) is 31.3 Å². The van der Waals surface area contributed by atoms with Gasteiger partial charge in [0.05, 0.1) is 0 Å². The molecule has 0 heterocycles. The highest BCUT2D eigenvalue weighted by Crippen LogP contribution is 2.37. The average molecular weight is 716 g/mol. The Bertz CT molecular complexity index is 845. The number of Topliss-reactive ketones (excluding diaryl/α,β-unsaturated/α-hetero) is 1. The number of rotatable bonds is 38. The van der Waals surface area contributed by atoms with Gasteiger partial charge in [0.2, 0.25) is 0 Å². The Balaban J connectivity index is 4.41. The summed E-state index contributed by atoms with van der Waals surface area (Å²) in [6.45, 7) is 15.7. The maximum atomic E-state index is 13.4. The number of carbonyl (C=O) groups is 1. The molecule has 0 atom stereocenters. The minimum absolute atomic E-state index is 0.0340. The molecule has 0 aliphatic heterocycles. The summed E-state index contributed by atoms with van der Waals surface area (Å²) in [6, 6.07) is 0. The fourth-order valence-electron chi connectivity index (χ4n) is 7.33. The number of hydrogen-bond donors (Lipinski definition) is 1. The van der Waals surface area contributed by atoms with Crippen molar-refractivity contribution in [2.45, 2.75) is 202 Å². The summed E-state index contributed by atoms with van der Waals surface area (Å²) in [5.41, 5.74) is 0.224. The van der Waals surface area contributed by atoms with E-state index < -0.39 is 0 Å². The molecule has 6 nitrogen and oxygen atoms in total. The van der Waals surface area contributed by atoms with Gasteiger partial charge in [-0.1, -0.05) is 167 Å². The molecule has 0 unspecified atom stereocenters. The average Bonchev–Trinajstić information content (AvgIpc) is 3.06. The summed E-state index contributed by atoms with van der Waals surface area (Å²) in [4.78, 5) is 24.0. The molecule has 0 aromatic carbocycles. The number of ketones is 1. The monoisotopic (exact) mass is 716 g/mol. The van der Waals surface area contributed by atoms with E-state index in [9.17, 15) is 4.79 Å². The first kappa shape index (κ1) is 49.0. The summed E-state index contributed by atoms with van der Waals surface area (Å²) < 4.78 is 0. The number of carbonyl (C=O) groups excluding carboxylic acids is 1. The Hall–Kier alpha value is -1.95. The van der Waals surface area contributed by atoms with Crippen LogP contribution in [0.4, 0.5) is 0 Å². The number of nitrogens with zero attached hydrogens (tertiary/aromatic N) is 2. The molecule has 0 saturated heterocycles. The zero-order valence-electron chi connectivity index (χ0n) is 35.0. The molecule has 0 aliphatic rings. The van der Waals surface area contributed by atoms with Gasteiger partial charge in [-0.05, 0) is 87.4 Å². The lowest BCUT2D eigenvalue weighted by Gasteiger charge is -2.35. The highest BCUT2D eigenvalue weighted by Gasteiger charge is 2.30. The second kappa shape index (κ2) is 35.1. The molecule has 0 rings (SSSR count). The van der Waals surface area contributed by atoms with Crippen LogP contribution in [0.5, 0.6) is 0 Å². The molecule has 6 heteroatoms. The molecular formula is C45H85N3O3. The lowest BCUT2D eigenvalue weighted by atomic mass is 9.72. The molecule has 0 fully saturated rings. The summed E-state index contributed by atoms with van der Waals surface area (Å²) in [6.07, 6.45) is 41.5. The highest BCUT2D eigenvalue weighted by molar-refractivity contribution is 5.79. The van der Waals surface area contributed by atoms with E-state index in [4.69, 9.17) is 9.68 Å². The molecule has 0 radical (unpaired) electrons. The zero-order chi connectivity index (χ0) is 37.7. The standard InChI is InChI=1S/C45H85N3O3/c1-8-10-12-24-30-36-50-47-34-28-22-18-14-16-20-26-32-42(38-43(49)39-44(3,4)40-45(5,6)41-46-7)33-27-21-17-15-19-23-29-35-48-51-37-31-25-13-11-9-2/h24-25,30-31,34-35,42,46H,8-23,26-29,32-33,36-41H2,1-7H3/b30-24+,31-25+,47-34-,48-35-. The van der Waals surface area contributed by atoms with E-state index in [1.165, 1.54) is 116 Å². The topological polar surface area (TPSA) is 72.3 Å². The first-order chi connectivity index (χ1) is 24.7. The Morgan fingerprint density at radius 1 is 0.608 bits per heavy atom. The quantitative estimate of drug-likeness (QED) is 0.0299. The molecule has 51 heavy (non-hydrogen) atoms. The van der Waals surface area contributed by atoms with Crippen molar-refractivity contribution < 1.29 is 14.5 Å². The van der Waals surface area contributed by atoms with Crippen molar-refractivity contribution in [2.24, 2.45) is 27.1 Å². The van der Waals surface area contributed by atoms with Gasteiger partial charge in [0.25, 0.3) is 0 Å². The lowest BCUT2D eigenvalue weighted by molar-refractivity contribution is -0.122. The number of oxime groups is 2. The molecule has 0 amide bonds. The normalized spacial score (nSPS) is 12.9. The van der Waals surface area contributed by atoms with Crippen LogP contribution in [0, 0.1) is 16.7 Å². The molecule has 0 spiro atoms. The predicted molar refractivity (Wildman–Crippen MR) is 224 cm³/mol. The third-order valence-electron chi connectivity index (χ3n) is 9.62. The van der Waals surface area contributed by atoms with Crippen LogP contribution in [-0.4, -0.2) is 45.0 Å². The van der Waals surface area contributed by atoms with Gasteiger partial charge in [-0.25, -0.2) is 0 Å². The van der Waals surface area contributed by atoms with Crippen molar-refractivity contribution in [1.82, 2.24) is 5.32 Å². The SMILES string of the molecule is CCCC/C=C/CO/N=C\CCCCCCCCC(CCCCCCCC/C=N\OC/C=C/CCCC)CC(=O)CC(C)(C)CC(C)(C)CNC. The number of allylic oxidation sites excluding steroid dienone is 2. The van der Waals surface area contributed by atoms with Crippen LogP contribution in [0.2, 0.25) is 0 Å². The van der Waals surface area contributed by atoms with E-state index in [2.05, 4.69) is 81.5 Å². The Morgan fingerprint density at radius 3 is 1.51 bits per heavy atom. The summed E-state index contributed by atoms with van der Waals surface area (Å²) in [5, 5.41) is 11.5. The summed E-state index contributed by atoms with van der Waals surface area (Å²) in [5.74, 6) is 1.01. The van der Waals surface area contributed by atoms with Crippen LogP contribution in [0.3, 0.4) is 0 Å². The number of hydrogen-bond acceptors (Lipinski definition) is 6. The minimum Gasteiger partial charge on any atom is -0.392 e. The van der Waals surface area contributed by atoms with Crippen molar-refractivity contribution >= 4 is 18.2 Å². The van der Waals surface area contributed by atoms with Gasteiger partial charge < -0.3 is 15.0 Å². The van der Waals surface area contributed by atoms with Crippen molar-refractivity contribution in [1.29, 1.82) is 0 Å². The molecule has 0 bridgehead atoms. The highest BCUT2D eigenvalue weighted by atomic mass is 16.6. The largest absolute Gasteiger partial charge is 0.392 e. The van der Waals surface area contributed by atoms with Gasteiger partial charge in [-0.2, -0.15) is 0 Å². The predicted octanol–water partition coefficient (Wildman–Crippen LogP) is 13.4. The smallest absolute Gasteiger partial charge is 0.135 e. The van der Waals surface area contributed by atoms with Crippen LogP contribution in [-0.2, 0) is 14.5 Å². The Labute approximate surface area is 317 Å². The third kappa shape index (κ3) is 36.2. The molecule has 0 aromatic heterocycles. The maximum absolute atomic E-state index is 13.4. The van der Waals surface area contributed by atoms with Crippen LogP contribution in [0.15, 0.2) is 34.6 Å². The van der Waals surface area contributed by atoms with Crippen LogP contribution in [0.1, 0.15) is 202 Å². The Morgan fingerprint density at radius 2 is 1.06 bits per heavy atom. The van der Waals surface area contributed by atoms with Crippen molar-refractivity contribution in [3.8, 4) is 0 Å². The van der Waals surface area contributed by atoms with Crippen LogP contribution >= 0.6 is 0 Å². The van der Waals surface area contributed by atoms with Crippen molar-refractivity contribution in [2.75, 3.05) is 26.8 Å². The second-order valence-electron chi connectivity index (χ2n) is 16.6. The molecular weight excluding hydrogens is 631 g/mol. The molecule has 0 aliphatic carbocycles. The molecule has 298 valence electrons. The maximum Gasteiger partial charge on any atom is 0.135 e. The van der Waals surface area contributed by atoms with Crippen LogP contribution < -0.4 is 5.32 Å². The van der Waals surface area contributed by atoms with E-state index in [1.807, 2.05) is 19.5 Å². The van der Waals surface area contributed by atoms with Crippen molar-refractivity contribution in [3.05, 3.63) is 24.3 Å². The van der Waals surface area contributed by atoms with Gasteiger partial charge in [0.1, 0.15) is 19.0 Å². The zero-order valence-corrected chi connectivity index (χ0v) is 35.0. The van der Waals surface area contributed by atoms with Gasteiger partial charge in [-0.15, -0.1) is 0 Å². The van der Waals surface area contributed by atoms with Gasteiger partial charge in [0, 0.05) is 25.3 Å². The molecule has 1 N–H and O–H groups in total. The molecule has 0 aromatic rings. The fourth-order valence-corrected chi connectivity index (χ4v) is 7.33. The van der Waals surface area contributed by atoms with Gasteiger partial charge in [0.15, 0.2) is 0 Å². The van der Waals surface area contributed by atoms with E-state index in [-0.39, 0.29) is 10.8 Å². The second-order valence-corrected chi connectivity index (χ2v) is 16.6. The summed E-state index contributed by atoms with van der Waals surface area (Å²) in [7, 11) is 2.02. The first-order valence-electron chi connectivity index (χ1n) is 21.4. The van der Waals surface area contributed by atoms with E-state index >= 15 is 0 Å². The Kier molecular flexibility index (Phi) is 33.8. The minimum atomic E-state index is 0.0340. The first-order valence-corrected chi connectivity index (χ1v) is 21.4. The molecule has 0 saturated carbocycles.